The number of nitrogens with zero attached hydrogens (tertiary/aromatic N) is 1. The van der Waals surface area contributed by atoms with Crippen LogP contribution in [0.4, 0.5) is 0 Å². The van der Waals surface area contributed by atoms with Crippen LogP contribution in [-0.2, 0) is 17.7 Å². The number of fused-ring (bicyclic) bond motifs is 1. The second-order valence-electron chi connectivity index (χ2n) is 5.75. The first kappa shape index (κ1) is 16.7. The Morgan fingerprint density at radius 2 is 1.76 bits per heavy atom. The van der Waals surface area contributed by atoms with Crippen molar-refractivity contribution in [2.45, 2.75) is 12.8 Å². The predicted octanol–water partition coefficient (Wildman–Crippen LogP) is 3.73. The molecule has 0 radical (unpaired) electrons. The van der Waals surface area contributed by atoms with Gasteiger partial charge < -0.3 is 10.6 Å². The molecule has 0 bridgehead atoms. The molecule has 0 saturated heterocycles. The molecule has 0 aliphatic carbocycles. The quantitative estimate of drug-likeness (QED) is 0.407. The lowest BCUT2D eigenvalue weighted by Crippen LogP contribution is -2.14. The van der Waals surface area contributed by atoms with E-state index in [1.807, 2.05) is 54.6 Å². The smallest absolute Gasteiger partial charge is 0.249 e. The van der Waals surface area contributed by atoms with E-state index >= 15 is 0 Å². The number of oxime groups is 1. The molecule has 4 nitrogen and oxygen atoms in total. The Morgan fingerprint density at radius 3 is 2.56 bits per heavy atom. The Bertz CT molecular complexity index is 889. The fourth-order valence-corrected chi connectivity index (χ4v) is 2.83. The molecule has 126 valence electrons. The van der Waals surface area contributed by atoms with Crippen molar-refractivity contribution in [1.29, 1.82) is 0 Å². The Hall–Kier alpha value is -3.14. The topological polar surface area (TPSA) is 64.7 Å². The van der Waals surface area contributed by atoms with E-state index in [1.54, 1.807) is 6.21 Å². The lowest BCUT2D eigenvalue weighted by Gasteiger charge is -2.08. The van der Waals surface area contributed by atoms with E-state index < -0.39 is 5.91 Å². The van der Waals surface area contributed by atoms with Crippen molar-refractivity contribution in [3.05, 3.63) is 83.4 Å². The van der Waals surface area contributed by atoms with Gasteiger partial charge in [0.15, 0.2) is 0 Å². The van der Waals surface area contributed by atoms with Crippen LogP contribution in [-0.4, -0.2) is 18.7 Å². The molecule has 0 fully saturated rings. The predicted molar refractivity (Wildman–Crippen MR) is 101 cm³/mol. The van der Waals surface area contributed by atoms with Crippen LogP contribution in [0, 0.1) is 0 Å². The van der Waals surface area contributed by atoms with Gasteiger partial charge >= 0.3 is 0 Å². The standard InChI is InChI=1S/C21H20N2O2/c22-21(24)20-18(11-10-17-8-4-5-9-19(17)20)12-14-23-25-15-13-16-6-2-1-3-7-16/h1-11,14H,12-13,15H2,(H2,22,24). The summed E-state index contributed by atoms with van der Waals surface area (Å²) in [7, 11) is 0. The molecule has 3 aromatic rings. The summed E-state index contributed by atoms with van der Waals surface area (Å²) in [5.74, 6) is -0.426. The second-order valence-corrected chi connectivity index (χ2v) is 5.75. The number of benzene rings is 3. The lowest BCUT2D eigenvalue weighted by atomic mass is 9.97. The van der Waals surface area contributed by atoms with Gasteiger partial charge in [0.2, 0.25) is 5.91 Å². The van der Waals surface area contributed by atoms with E-state index in [4.69, 9.17) is 10.6 Å². The number of primary amides is 1. The summed E-state index contributed by atoms with van der Waals surface area (Å²) in [6, 6.07) is 21.7. The average Bonchev–Trinajstić information content (AvgIpc) is 2.64. The summed E-state index contributed by atoms with van der Waals surface area (Å²) in [5, 5.41) is 5.85. The lowest BCUT2D eigenvalue weighted by molar-refractivity contribution is 0.100. The third kappa shape index (κ3) is 4.23. The van der Waals surface area contributed by atoms with E-state index in [-0.39, 0.29) is 0 Å². The van der Waals surface area contributed by atoms with Gasteiger partial charge in [-0.05, 0) is 21.9 Å². The van der Waals surface area contributed by atoms with Gasteiger partial charge in [-0.2, -0.15) is 0 Å². The molecule has 4 heteroatoms. The van der Waals surface area contributed by atoms with Crippen molar-refractivity contribution in [3.63, 3.8) is 0 Å². The van der Waals surface area contributed by atoms with Gasteiger partial charge in [0, 0.05) is 19.1 Å². The maximum atomic E-state index is 11.9. The molecule has 25 heavy (non-hydrogen) atoms. The summed E-state index contributed by atoms with van der Waals surface area (Å²) in [4.78, 5) is 17.2. The van der Waals surface area contributed by atoms with Crippen molar-refractivity contribution < 1.29 is 9.63 Å². The van der Waals surface area contributed by atoms with Crippen molar-refractivity contribution in [2.24, 2.45) is 10.9 Å². The normalized spacial score (nSPS) is 11.0. The van der Waals surface area contributed by atoms with Gasteiger partial charge in [-0.3, -0.25) is 4.79 Å². The zero-order valence-electron chi connectivity index (χ0n) is 13.9. The largest absolute Gasteiger partial charge is 0.396 e. The first-order valence-electron chi connectivity index (χ1n) is 8.24. The molecule has 0 aliphatic heterocycles. The zero-order valence-corrected chi connectivity index (χ0v) is 13.9. The highest BCUT2D eigenvalue weighted by atomic mass is 16.6. The van der Waals surface area contributed by atoms with Gasteiger partial charge in [0.05, 0.1) is 5.56 Å². The molecule has 0 unspecified atom stereocenters. The number of carbonyl (C=O) groups is 1. The molecular formula is C21H20N2O2. The maximum absolute atomic E-state index is 11.9. The molecule has 3 aromatic carbocycles. The van der Waals surface area contributed by atoms with Crippen LogP contribution < -0.4 is 5.73 Å². The number of hydrogen-bond donors (Lipinski definition) is 1. The van der Waals surface area contributed by atoms with Crippen LogP contribution in [0.5, 0.6) is 0 Å². The van der Waals surface area contributed by atoms with E-state index in [9.17, 15) is 4.79 Å². The van der Waals surface area contributed by atoms with Gasteiger partial charge in [0.1, 0.15) is 6.61 Å². The van der Waals surface area contributed by atoms with Crippen LogP contribution in [0.3, 0.4) is 0 Å². The number of hydrogen-bond acceptors (Lipinski definition) is 3. The number of rotatable bonds is 7. The summed E-state index contributed by atoms with van der Waals surface area (Å²) in [6.07, 6.45) is 2.97. The van der Waals surface area contributed by atoms with Crippen molar-refractivity contribution in [2.75, 3.05) is 6.61 Å². The molecular weight excluding hydrogens is 312 g/mol. The fraction of sp³-hybridized carbons (Fsp3) is 0.143. The summed E-state index contributed by atoms with van der Waals surface area (Å²) >= 11 is 0. The average molecular weight is 332 g/mol. The van der Waals surface area contributed by atoms with E-state index in [0.717, 1.165) is 22.8 Å². The van der Waals surface area contributed by atoms with Gasteiger partial charge in [-0.25, -0.2) is 0 Å². The minimum atomic E-state index is -0.426. The first-order valence-corrected chi connectivity index (χ1v) is 8.24. The Morgan fingerprint density at radius 1 is 1.00 bits per heavy atom. The molecule has 0 atom stereocenters. The second kappa shape index (κ2) is 8.11. The first-order chi connectivity index (χ1) is 12.3. The third-order valence-corrected chi connectivity index (χ3v) is 4.05. The van der Waals surface area contributed by atoms with Crippen molar-refractivity contribution in [3.8, 4) is 0 Å². The van der Waals surface area contributed by atoms with E-state index in [1.165, 1.54) is 5.56 Å². The highest BCUT2D eigenvalue weighted by Crippen LogP contribution is 2.22. The van der Waals surface area contributed by atoms with Crippen LogP contribution >= 0.6 is 0 Å². The van der Waals surface area contributed by atoms with Crippen LogP contribution in [0.25, 0.3) is 10.8 Å². The van der Waals surface area contributed by atoms with E-state index in [0.29, 0.717) is 18.6 Å². The monoisotopic (exact) mass is 332 g/mol. The molecule has 0 saturated carbocycles. The summed E-state index contributed by atoms with van der Waals surface area (Å²) < 4.78 is 0. The minimum absolute atomic E-state index is 0.426. The Labute approximate surface area is 146 Å². The summed E-state index contributed by atoms with van der Waals surface area (Å²) in [6.45, 7) is 0.515. The number of amides is 1. The van der Waals surface area contributed by atoms with Gasteiger partial charge in [-0.1, -0.05) is 71.9 Å². The molecule has 0 spiro atoms. The van der Waals surface area contributed by atoms with Crippen molar-refractivity contribution >= 4 is 22.9 Å². The molecule has 0 aliphatic rings. The maximum Gasteiger partial charge on any atom is 0.249 e. The van der Waals surface area contributed by atoms with E-state index in [2.05, 4.69) is 17.3 Å². The molecule has 0 aromatic heterocycles. The number of carbonyl (C=O) groups excluding carboxylic acids is 1. The van der Waals surface area contributed by atoms with Crippen LogP contribution in [0.1, 0.15) is 21.5 Å². The molecule has 3 rings (SSSR count). The minimum Gasteiger partial charge on any atom is -0.396 e. The zero-order chi connectivity index (χ0) is 17.5. The third-order valence-electron chi connectivity index (χ3n) is 4.05. The highest BCUT2D eigenvalue weighted by molar-refractivity contribution is 6.08. The Balaban J connectivity index is 1.63. The van der Waals surface area contributed by atoms with Crippen LogP contribution in [0.2, 0.25) is 0 Å². The van der Waals surface area contributed by atoms with Gasteiger partial charge in [-0.15, -0.1) is 0 Å². The summed E-state index contributed by atoms with van der Waals surface area (Å²) in [5.41, 5.74) is 8.19. The van der Waals surface area contributed by atoms with Gasteiger partial charge in [0.25, 0.3) is 0 Å². The molecule has 0 heterocycles. The SMILES string of the molecule is NC(=O)c1c(CC=NOCCc2ccccc2)ccc2ccccc12. The highest BCUT2D eigenvalue weighted by Gasteiger charge is 2.11. The number of nitrogens with two attached hydrogens (primary N) is 1. The van der Waals surface area contributed by atoms with Crippen molar-refractivity contribution in [1.82, 2.24) is 0 Å². The Kier molecular flexibility index (Phi) is 5.42. The fourth-order valence-electron chi connectivity index (χ4n) is 2.83. The molecule has 2 N–H and O–H groups in total. The molecule has 1 amide bonds. The van der Waals surface area contributed by atoms with Crippen LogP contribution in [0.15, 0.2) is 71.9 Å².